The predicted octanol–water partition coefficient (Wildman–Crippen LogP) is 5.71. The van der Waals surface area contributed by atoms with Gasteiger partial charge in [0.15, 0.2) is 0 Å². The summed E-state index contributed by atoms with van der Waals surface area (Å²) in [6, 6.07) is 18.2. The van der Waals surface area contributed by atoms with Crippen molar-refractivity contribution in [1.29, 1.82) is 5.26 Å². The summed E-state index contributed by atoms with van der Waals surface area (Å²) in [6.07, 6.45) is 4.33. The van der Waals surface area contributed by atoms with Crippen LogP contribution in [0.1, 0.15) is 64.0 Å². The first-order chi connectivity index (χ1) is 14.1. The maximum Gasteiger partial charge on any atom is 0.256 e. The van der Waals surface area contributed by atoms with E-state index < -0.39 is 5.54 Å². The smallest absolute Gasteiger partial charge is 0.256 e. The van der Waals surface area contributed by atoms with Crippen molar-refractivity contribution in [3.05, 3.63) is 59.7 Å². The highest BCUT2D eigenvalue weighted by Gasteiger charge is 2.45. The number of benzene rings is 2. The zero-order chi connectivity index (χ0) is 20.9. The highest BCUT2D eigenvalue weighted by atomic mass is 16.2. The van der Waals surface area contributed by atoms with E-state index in [1.54, 1.807) is 0 Å². The molecule has 0 saturated heterocycles. The summed E-state index contributed by atoms with van der Waals surface area (Å²) in [5.74, 6) is 0.991. The van der Waals surface area contributed by atoms with Gasteiger partial charge in [0.25, 0.3) is 5.91 Å². The van der Waals surface area contributed by atoms with Gasteiger partial charge in [-0.1, -0.05) is 69.7 Å². The molecule has 1 aliphatic rings. The SMILES string of the molecule is CCCCC1=NC(CC)(CC)C(=O)N1Cc1ccc(-c2ccccc2)c(C#N)c1. The topological polar surface area (TPSA) is 56.5 Å². The summed E-state index contributed by atoms with van der Waals surface area (Å²) in [7, 11) is 0. The van der Waals surface area contributed by atoms with E-state index in [4.69, 9.17) is 4.99 Å². The minimum atomic E-state index is -0.620. The van der Waals surface area contributed by atoms with Gasteiger partial charge in [0, 0.05) is 6.42 Å². The van der Waals surface area contributed by atoms with E-state index in [2.05, 4.69) is 13.0 Å². The predicted molar refractivity (Wildman–Crippen MR) is 117 cm³/mol. The molecule has 0 aromatic heterocycles. The Kier molecular flexibility index (Phi) is 6.49. The Balaban J connectivity index is 1.91. The van der Waals surface area contributed by atoms with Gasteiger partial charge >= 0.3 is 0 Å². The second-order valence-electron chi connectivity index (χ2n) is 7.62. The van der Waals surface area contributed by atoms with Crippen LogP contribution in [0.2, 0.25) is 0 Å². The fraction of sp³-hybridized carbons (Fsp3) is 0.400. The van der Waals surface area contributed by atoms with Crippen molar-refractivity contribution in [2.24, 2.45) is 4.99 Å². The van der Waals surface area contributed by atoms with E-state index in [1.165, 1.54) is 0 Å². The van der Waals surface area contributed by atoms with Gasteiger partial charge in [-0.15, -0.1) is 0 Å². The van der Waals surface area contributed by atoms with Crippen LogP contribution in [0.4, 0.5) is 0 Å². The number of carbonyl (C=O) groups excluding carboxylic acids is 1. The largest absolute Gasteiger partial charge is 0.294 e. The lowest BCUT2D eigenvalue weighted by Gasteiger charge is -2.24. The Bertz CT molecular complexity index is 936. The van der Waals surface area contributed by atoms with Crippen LogP contribution in [0.5, 0.6) is 0 Å². The molecule has 0 radical (unpaired) electrons. The van der Waals surface area contributed by atoms with Gasteiger partial charge in [-0.25, -0.2) is 0 Å². The molecule has 0 N–H and O–H groups in total. The second kappa shape index (κ2) is 9.05. The molecule has 0 unspecified atom stereocenters. The molecule has 1 heterocycles. The summed E-state index contributed by atoms with van der Waals surface area (Å²) in [5.41, 5.74) is 2.91. The van der Waals surface area contributed by atoms with Crippen LogP contribution in [0, 0.1) is 11.3 Å². The number of aliphatic imine (C=N–C) groups is 1. The van der Waals surface area contributed by atoms with Gasteiger partial charge in [-0.05, 0) is 42.0 Å². The van der Waals surface area contributed by atoms with E-state index in [0.717, 1.165) is 41.8 Å². The number of hydrogen-bond acceptors (Lipinski definition) is 3. The molecule has 2 aromatic carbocycles. The number of rotatable bonds is 8. The first kappa shape index (κ1) is 20.8. The van der Waals surface area contributed by atoms with E-state index in [-0.39, 0.29) is 5.91 Å². The molecule has 0 atom stereocenters. The van der Waals surface area contributed by atoms with Crippen molar-refractivity contribution in [1.82, 2.24) is 4.90 Å². The van der Waals surface area contributed by atoms with Gasteiger partial charge in [-0.2, -0.15) is 5.26 Å². The molecule has 1 aliphatic heterocycles. The molecule has 4 heteroatoms. The fourth-order valence-electron chi connectivity index (χ4n) is 3.96. The number of hydrogen-bond donors (Lipinski definition) is 0. The Morgan fingerprint density at radius 2 is 1.79 bits per heavy atom. The van der Waals surface area contributed by atoms with Crippen LogP contribution in [-0.4, -0.2) is 22.2 Å². The molecule has 4 nitrogen and oxygen atoms in total. The number of nitrogens with zero attached hydrogens (tertiary/aromatic N) is 3. The summed E-state index contributed by atoms with van der Waals surface area (Å²) in [6.45, 7) is 6.69. The molecule has 3 rings (SSSR count). The average molecular weight is 388 g/mol. The number of nitriles is 1. The molecule has 29 heavy (non-hydrogen) atoms. The normalized spacial score (nSPS) is 15.3. The molecule has 0 saturated carbocycles. The summed E-state index contributed by atoms with van der Waals surface area (Å²) >= 11 is 0. The monoisotopic (exact) mass is 387 g/mol. The zero-order valence-electron chi connectivity index (χ0n) is 17.6. The Morgan fingerprint density at radius 3 is 2.41 bits per heavy atom. The first-order valence-corrected chi connectivity index (χ1v) is 10.6. The van der Waals surface area contributed by atoms with Gasteiger partial charge < -0.3 is 0 Å². The van der Waals surface area contributed by atoms with Gasteiger partial charge in [0.1, 0.15) is 11.4 Å². The highest BCUT2D eigenvalue weighted by molar-refractivity contribution is 6.08. The number of carbonyl (C=O) groups is 1. The summed E-state index contributed by atoms with van der Waals surface area (Å²) < 4.78 is 0. The van der Waals surface area contributed by atoms with Crippen LogP contribution < -0.4 is 0 Å². The molecule has 1 amide bonds. The number of amidine groups is 1. The maximum absolute atomic E-state index is 13.3. The highest BCUT2D eigenvalue weighted by Crippen LogP contribution is 2.33. The van der Waals surface area contributed by atoms with E-state index in [1.807, 2.05) is 67.3 Å². The third kappa shape index (κ3) is 4.10. The third-order valence-electron chi connectivity index (χ3n) is 5.85. The lowest BCUT2D eigenvalue weighted by molar-refractivity contribution is -0.131. The zero-order valence-corrected chi connectivity index (χ0v) is 17.6. The van der Waals surface area contributed by atoms with Crippen molar-refractivity contribution >= 4 is 11.7 Å². The molecule has 0 spiro atoms. The minimum absolute atomic E-state index is 0.0965. The third-order valence-corrected chi connectivity index (χ3v) is 5.85. The summed E-state index contributed by atoms with van der Waals surface area (Å²) in [5, 5.41) is 9.69. The van der Waals surface area contributed by atoms with Crippen LogP contribution in [0.25, 0.3) is 11.1 Å². The van der Waals surface area contributed by atoms with Crippen molar-refractivity contribution in [3.63, 3.8) is 0 Å². The van der Waals surface area contributed by atoms with Gasteiger partial charge in [0.05, 0.1) is 18.2 Å². The minimum Gasteiger partial charge on any atom is -0.294 e. The Labute approximate surface area is 173 Å². The van der Waals surface area contributed by atoms with Crippen LogP contribution in [0.15, 0.2) is 53.5 Å². The van der Waals surface area contributed by atoms with Crippen LogP contribution >= 0.6 is 0 Å². The fourth-order valence-corrected chi connectivity index (χ4v) is 3.96. The molecule has 2 aromatic rings. The van der Waals surface area contributed by atoms with E-state index >= 15 is 0 Å². The standard InChI is InChI=1S/C25H29N3O/c1-4-7-13-23-27-25(5-2,6-3)24(29)28(23)18-19-14-15-22(21(16-19)17-26)20-11-9-8-10-12-20/h8-12,14-16H,4-7,13,18H2,1-3H3. The van der Waals surface area contributed by atoms with Crippen molar-refractivity contribution in [2.45, 2.75) is 65.0 Å². The van der Waals surface area contributed by atoms with Crippen molar-refractivity contribution in [2.75, 3.05) is 0 Å². The van der Waals surface area contributed by atoms with Crippen LogP contribution in [0.3, 0.4) is 0 Å². The summed E-state index contributed by atoms with van der Waals surface area (Å²) in [4.78, 5) is 20.0. The molecular weight excluding hydrogens is 358 g/mol. The van der Waals surface area contributed by atoms with Gasteiger partial charge in [0.2, 0.25) is 0 Å². The quantitative estimate of drug-likeness (QED) is 0.582. The lowest BCUT2D eigenvalue weighted by Crippen LogP contribution is -2.41. The van der Waals surface area contributed by atoms with Crippen molar-refractivity contribution in [3.8, 4) is 17.2 Å². The molecule has 0 bridgehead atoms. The van der Waals surface area contributed by atoms with Crippen molar-refractivity contribution < 1.29 is 4.79 Å². The van der Waals surface area contributed by atoms with E-state index in [9.17, 15) is 10.1 Å². The lowest BCUT2D eigenvalue weighted by atomic mass is 9.93. The second-order valence-corrected chi connectivity index (χ2v) is 7.62. The average Bonchev–Trinajstić information content (AvgIpc) is 3.04. The molecular formula is C25H29N3O. The van der Waals surface area contributed by atoms with Crippen LogP contribution in [-0.2, 0) is 11.3 Å². The maximum atomic E-state index is 13.3. The first-order valence-electron chi connectivity index (χ1n) is 10.6. The van der Waals surface area contributed by atoms with Gasteiger partial charge in [-0.3, -0.25) is 14.7 Å². The number of unbranched alkanes of at least 4 members (excludes halogenated alkanes) is 1. The molecule has 150 valence electrons. The molecule has 0 aliphatic carbocycles. The number of amides is 1. The Morgan fingerprint density at radius 1 is 1.07 bits per heavy atom. The molecule has 0 fully saturated rings. The Hall–Kier alpha value is -2.93. The van der Waals surface area contributed by atoms with E-state index in [0.29, 0.717) is 24.9 Å².